The van der Waals surface area contributed by atoms with Crippen molar-refractivity contribution < 1.29 is 47.6 Å². The lowest BCUT2D eigenvalue weighted by Gasteiger charge is -2.27. The van der Waals surface area contributed by atoms with Crippen molar-refractivity contribution in [1.82, 2.24) is 0 Å². The van der Waals surface area contributed by atoms with E-state index >= 15 is 0 Å². The van der Waals surface area contributed by atoms with E-state index in [0.717, 1.165) is 13.8 Å². The van der Waals surface area contributed by atoms with E-state index in [1.54, 1.807) is 0 Å². The maximum atomic E-state index is 11.5. The number of hydrogen-bond acceptors (Lipinski definition) is 10. The smallest absolute Gasteiger partial charge is 0.303 e. The number of carbonyl (C=O) groups is 4. The van der Waals surface area contributed by atoms with Crippen LogP contribution in [0.4, 0.5) is 0 Å². The second-order valence-electron chi connectivity index (χ2n) is 5.69. The van der Waals surface area contributed by atoms with E-state index in [1.165, 1.54) is 19.9 Å². The van der Waals surface area contributed by atoms with Crippen LogP contribution < -0.4 is 0 Å². The van der Waals surface area contributed by atoms with Gasteiger partial charge < -0.3 is 28.4 Å². The zero-order valence-electron chi connectivity index (χ0n) is 15.7. The maximum Gasteiger partial charge on any atom is 0.303 e. The Hall–Kier alpha value is -2.46. The fraction of sp³-hybridized carbons (Fsp3) is 0.647. The van der Waals surface area contributed by atoms with Gasteiger partial charge in [-0.25, -0.2) is 0 Å². The Kier molecular flexibility index (Phi) is 8.89. The molecule has 5 atom stereocenters. The van der Waals surface area contributed by atoms with Crippen molar-refractivity contribution in [3.63, 3.8) is 0 Å². The minimum Gasteiger partial charge on any atom is -0.462 e. The molecule has 0 aromatic carbocycles. The topological polar surface area (TPSA) is 124 Å². The van der Waals surface area contributed by atoms with Crippen LogP contribution in [0.1, 0.15) is 27.7 Å². The summed E-state index contributed by atoms with van der Waals surface area (Å²) in [6.07, 6.45) is -4.16. The molecule has 0 amide bonds. The molecule has 10 nitrogen and oxygen atoms in total. The van der Waals surface area contributed by atoms with Gasteiger partial charge >= 0.3 is 23.9 Å². The van der Waals surface area contributed by atoms with Crippen molar-refractivity contribution in [1.29, 1.82) is 0 Å². The van der Waals surface area contributed by atoms with Crippen LogP contribution in [0.2, 0.25) is 0 Å². The van der Waals surface area contributed by atoms with Crippen LogP contribution in [-0.2, 0) is 47.6 Å². The van der Waals surface area contributed by atoms with E-state index < -0.39 is 54.6 Å². The molecule has 10 heteroatoms. The Bertz CT molecular complexity index is 572. The molecule has 0 saturated carbocycles. The molecule has 27 heavy (non-hydrogen) atoms. The molecule has 1 fully saturated rings. The SMILES string of the molecule is C=CCO[C@@H]1O[C@@H]([C@@H](COC(C)=O)OC(C)=O)C(OC(C)=O)C1OC(C)=O. The molecule has 0 radical (unpaired) electrons. The number of carbonyl (C=O) groups excluding carboxylic acids is 4. The molecule has 0 aliphatic carbocycles. The first-order valence-corrected chi connectivity index (χ1v) is 8.18. The summed E-state index contributed by atoms with van der Waals surface area (Å²) in [5, 5.41) is 0. The van der Waals surface area contributed by atoms with Crippen LogP contribution in [-0.4, -0.2) is 67.8 Å². The molecular weight excluding hydrogens is 364 g/mol. The predicted molar refractivity (Wildman–Crippen MR) is 88.1 cm³/mol. The zero-order chi connectivity index (χ0) is 20.6. The molecule has 1 aliphatic heterocycles. The summed E-state index contributed by atoms with van der Waals surface area (Å²) in [6, 6.07) is 0. The van der Waals surface area contributed by atoms with Gasteiger partial charge in [0.15, 0.2) is 24.6 Å². The summed E-state index contributed by atoms with van der Waals surface area (Å²) in [7, 11) is 0. The highest BCUT2D eigenvalue weighted by molar-refractivity contribution is 5.68. The molecular formula is C17H24O10. The van der Waals surface area contributed by atoms with Gasteiger partial charge in [0, 0.05) is 27.7 Å². The molecule has 0 aromatic rings. The van der Waals surface area contributed by atoms with E-state index in [4.69, 9.17) is 28.4 Å². The maximum absolute atomic E-state index is 11.5. The molecule has 1 saturated heterocycles. The average molecular weight is 388 g/mol. The molecule has 0 bridgehead atoms. The van der Waals surface area contributed by atoms with Gasteiger partial charge in [-0.2, -0.15) is 0 Å². The summed E-state index contributed by atoms with van der Waals surface area (Å²) in [6.45, 7) is 7.90. The van der Waals surface area contributed by atoms with Gasteiger partial charge in [0.1, 0.15) is 12.7 Å². The summed E-state index contributed by atoms with van der Waals surface area (Å²) >= 11 is 0. The number of hydrogen-bond donors (Lipinski definition) is 0. The first kappa shape index (κ1) is 22.6. The van der Waals surface area contributed by atoms with Crippen LogP contribution >= 0.6 is 0 Å². The van der Waals surface area contributed by atoms with E-state index in [-0.39, 0.29) is 13.2 Å². The lowest BCUT2D eigenvalue weighted by Crippen LogP contribution is -2.46. The molecule has 0 spiro atoms. The van der Waals surface area contributed by atoms with Gasteiger partial charge in [-0.1, -0.05) is 6.08 Å². The highest BCUT2D eigenvalue weighted by atomic mass is 16.7. The summed E-state index contributed by atoms with van der Waals surface area (Å²) in [4.78, 5) is 45.6. The Labute approximate surface area is 156 Å². The molecule has 0 N–H and O–H groups in total. The molecule has 2 unspecified atom stereocenters. The molecule has 152 valence electrons. The van der Waals surface area contributed by atoms with Crippen LogP contribution in [0.15, 0.2) is 12.7 Å². The van der Waals surface area contributed by atoms with Crippen molar-refractivity contribution in [2.24, 2.45) is 0 Å². The van der Waals surface area contributed by atoms with E-state index in [0.29, 0.717) is 0 Å². The molecule has 0 aromatic heterocycles. The third-order valence-electron chi connectivity index (χ3n) is 3.32. The number of esters is 4. The van der Waals surface area contributed by atoms with Gasteiger partial charge in [-0.05, 0) is 0 Å². The Morgan fingerprint density at radius 1 is 0.963 bits per heavy atom. The number of ether oxygens (including phenoxy) is 6. The van der Waals surface area contributed by atoms with Crippen LogP contribution in [0.5, 0.6) is 0 Å². The van der Waals surface area contributed by atoms with Crippen LogP contribution in [0, 0.1) is 0 Å². The van der Waals surface area contributed by atoms with Crippen molar-refractivity contribution in [3.05, 3.63) is 12.7 Å². The van der Waals surface area contributed by atoms with E-state index in [9.17, 15) is 19.2 Å². The minimum atomic E-state index is -1.15. The van der Waals surface area contributed by atoms with Crippen molar-refractivity contribution in [3.8, 4) is 0 Å². The van der Waals surface area contributed by atoms with E-state index in [1.807, 2.05) is 0 Å². The van der Waals surface area contributed by atoms with Gasteiger partial charge in [-0.3, -0.25) is 19.2 Å². The molecule has 1 rings (SSSR count). The Balaban J connectivity index is 3.16. The van der Waals surface area contributed by atoms with Crippen LogP contribution in [0.3, 0.4) is 0 Å². The molecule has 1 heterocycles. The first-order valence-electron chi connectivity index (χ1n) is 8.18. The lowest BCUT2D eigenvalue weighted by molar-refractivity contribution is -0.196. The van der Waals surface area contributed by atoms with Gasteiger partial charge in [-0.15, -0.1) is 6.58 Å². The quantitative estimate of drug-likeness (QED) is 0.309. The largest absolute Gasteiger partial charge is 0.462 e. The average Bonchev–Trinajstić information content (AvgIpc) is 2.85. The van der Waals surface area contributed by atoms with Gasteiger partial charge in [0.25, 0.3) is 0 Å². The fourth-order valence-electron chi connectivity index (χ4n) is 2.50. The Morgan fingerprint density at radius 3 is 2.04 bits per heavy atom. The second kappa shape index (κ2) is 10.6. The van der Waals surface area contributed by atoms with Crippen molar-refractivity contribution in [2.45, 2.75) is 58.4 Å². The second-order valence-corrected chi connectivity index (χ2v) is 5.69. The number of rotatable bonds is 9. The predicted octanol–water partition coefficient (Wildman–Crippen LogP) is 0.272. The Morgan fingerprint density at radius 2 is 1.56 bits per heavy atom. The molecule has 1 aliphatic rings. The van der Waals surface area contributed by atoms with E-state index in [2.05, 4.69) is 6.58 Å². The standard InChI is InChI=1S/C17H24O10/c1-6-7-22-17-16(26-12(5)21)15(25-11(4)20)14(27-17)13(24-10(3)19)8-23-9(2)18/h6,13-17H,1,7-8H2,2-5H3/t13-,14+,15?,16?,17-/m1/s1. The van der Waals surface area contributed by atoms with Gasteiger partial charge in [0.2, 0.25) is 0 Å². The highest BCUT2D eigenvalue weighted by Gasteiger charge is 2.53. The monoisotopic (exact) mass is 388 g/mol. The summed E-state index contributed by atoms with van der Waals surface area (Å²) in [5.74, 6) is -2.61. The van der Waals surface area contributed by atoms with Crippen molar-refractivity contribution in [2.75, 3.05) is 13.2 Å². The normalized spacial score (nSPS) is 25.2. The lowest BCUT2D eigenvalue weighted by atomic mass is 10.1. The third kappa shape index (κ3) is 7.35. The summed E-state index contributed by atoms with van der Waals surface area (Å²) in [5.41, 5.74) is 0. The zero-order valence-corrected chi connectivity index (χ0v) is 15.7. The first-order chi connectivity index (χ1) is 12.6. The summed E-state index contributed by atoms with van der Waals surface area (Å²) < 4.78 is 31.6. The third-order valence-corrected chi connectivity index (χ3v) is 3.32. The fourth-order valence-corrected chi connectivity index (χ4v) is 2.50. The highest BCUT2D eigenvalue weighted by Crippen LogP contribution is 2.31. The van der Waals surface area contributed by atoms with Crippen LogP contribution in [0.25, 0.3) is 0 Å². The van der Waals surface area contributed by atoms with Crippen molar-refractivity contribution >= 4 is 23.9 Å². The van der Waals surface area contributed by atoms with Gasteiger partial charge in [0.05, 0.1) is 6.61 Å². The minimum absolute atomic E-state index is 0.0596.